The Kier molecular flexibility index (Phi) is 4.91. The highest BCUT2D eigenvalue weighted by atomic mass is 79.9. The van der Waals surface area contributed by atoms with Gasteiger partial charge >= 0.3 is 0 Å². The number of hydrogen-bond donors (Lipinski definition) is 0. The smallest absolute Gasteiger partial charge is 0.272 e. The van der Waals surface area contributed by atoms with E-state index in [-0.39, 0.29) is 5.91 Å². The monoisotopic (exact) mass is 440 g/mol. The zero-order valence-corrected chi connectivity index (χ0v) is 18.4. The van der Waals surface area contributed by atoms with Gasteiger partial charge in [-0.3, -0.25) is 9.20 Å². The van der Waals surface area contributed by atoms with E-state index in [9.17, 15) is 4.79 Å². The number of pyridine rings is 1. The average Bonchev–Trinajstić information content (AvgIpc) is 3.00. The van der Waals surface area contributed by atoms with Crippen LogP contribution < -0.4 is 4.90 Å². The Labute approximate surface area is 174 Å². The molecule has 0 radical (unpaired) electrons. The van der Waals surface area contributed by atoms with Crippen LogP contribution in [0.25, 0.3) is 5.65 Å². The maximum atomic E-state index is 13.3. The van der Waals surface area contributed by atoms with Crippen LogP contribution in [0.2, 0.25) is 0 Å². The van der Waals surface area contributed by atoms with Crippen molar-refractivity contribution in [3.63, 3.8) is 0 Å². The van der Waals surface area contributed by atoms with Crippen LogP contribution >= 0.6 is 15.9 Å². The molecule has 1 aromatic carbocycles. The molecule has 28 heavy (non-hydrogen) atoms. The first-order chi connectivity index (χ1) is 13.4. The van der Waals surface area contributed by atoms with Crippen molar-refractivity contribution in [3.05, 3.63) is 63.0 Å². The molecule has 0 bridgehead atoms. The molecule has 146 valence electrons. The summed E-state index contributed by atoms with van der Waals surface area (Å²) < 4.78 is 2.84. The molecule has 5 nitrogen and oxygen atoms in total. The lowest BCUT2D eigenvalue weighted by molar-refractivity contribution is 0.0739. The lowest BCUT2D eigenvalue weighted by Crippen LogP contribution is -2.49. The number of nitrogens with zero attached hydrogens (tertiary/aromatic N) is 4. The summed E-state index contributed by atoms with van der Waals surface area (Å²) in [6.45, 7) is 11.4. The maximum Gasteiger partial charge on any atom is 0.272 e. The maximum absolute atomic E-state index is 13.3. The molecule has 3 heterocycles. The summed E-state index contributed by atoms with van der Waals surface area (Å²) >= 11 is 3.57. The second-order valence-electron chi connectivity index (χ2n) is 7.60. The Hall–Kier alpha value is -2.34. The van der Waals surface area contributed by atoms with E-state index in [4.69, 9.17) is 0 Å². The predicted molar refractivity (Wildman–Crippen MR) is 116 cm³/mol. The summed E-state index contributed by atoms with van der Waals surface area (Å²) in [4.78, 5) is 22.3. The third kappa shape index (κ3) is 3.20. The van der Waals surface area contributed by atoms with Crippen molar-refractivity contribution in [2.75, 3.05) is 31.1 Å². The van der Waals surface area contributed by atoms with Crippen LogP contribution in [0.5, 0.6) is 0 Å². The van der Waals surface area contributed by atoms with Crippen molar-refractivity contribution in [3.8, 4) is 0 Å². The number of amides is 1. The topological polar surface area (TPSA) is 40.9 Å². The van der Waals surface area contributed by atoms with Crippen LogP contribution in [-0.4, -0.2) is 46.4 Å². The van der Waals surface area contributed by atoms with Crippen molar-refractivity contribution in [2.24, 2.45) is 0 Å². The summed E-state index contributed by atoms with van der Waals surface area (Å²) in [6.07, 6.45) is 1.99. The van der Waals surface area contributed by atoms with Gasteiger partial charge in [-0.05, 0) is 72.4 Å². The van der Waals surface area contributed by atoms with Crippen molar-refractivity contribution >= 4 is 33.2 Å². The van der Waals surface area contributed by atoms with E-state index >= 15 is 0 Å². The molecule has 0 spiro atoms. The van der Waals surface area contributed by atoms with Gasteiger partial charge in [0.05, 0.1) is 10.2 Å². The summed E-state index contributed by atoms with van der Waals surface area (Å²) in [5.74, 6) is 0.0584. The van der Waals surface area contributed by atoms with Gasteiger partial charge in [0.1, 0.15) is 5.69 Å². The molecule has 0 atom stereocenters. The predicted octanol–water partition coefficient (Wildman–Crippen LogP) is 4.29. The van der Waals surface area contributed by atoms with Crippen LogP contribution in [-0.2, 0) is 0 Å². The van der Waals surface area contributed by atoms with Crippen molar-refractivity contribution < 1.29 is 4.79 Å². The number of aryl methyl sites for hydroxylation is 3. The Morgan fingerprint density at radius 3 is 2.50 bits per heavy atom. The number of rotatable bonds is 2. The van der Waals surface area contributed by atoms with E-state index in [1.165, 1.54) is 16.8 Å². The number of hydrogen-bond acceptors (Lipinski definition) is 3. The van der Waals surface area contributed by atoms with Crippen LogP contribution in [0, 0.1) is 27.7 Å². The van der Waals surface area contributed by atoms with Gasteiger partial charge in [0, 0.05) is 38.1 Å². The summed E-state index contributed by atoms with van der Waals surface area (Å²) in [5.41, 5.74) is 7.22. The van der Waals surface area contributed by atoms with Crippen molar-refractivity contribution in [2.45, 2.75) is 27.7 Å². The number of carbonyl (C=O) groups excluding carboxylic acids is 1. The quantitative estimate of drug-likeness (QED) is 0.596. The van der Waals surface area contributed by atoms with Gasteiger partial charge in [-0.1, -0.05) is 12.1 Å². The Balaban J connectivity index is 1.57. The number of anilines is 1. The number of piperazine rings is 1. The number of carbonyl (C=O) groups is 1. The largest absolute Gasteiger partial charge is 0.368 e. The van der Waals surface area contributed by atoms with Crippen molar-refractivity contribution in [1.82, 2.24) is 14.3 Å². The second kappa shape index (κ2) is 7.24. The van der Waals surface area contributed by atoms with Gasteiger partial charge in [-0.2, -0.15) is 0 Å². The van der Waals surface area contributed by atoms with E-state index in [1.54, 1.807) is 0 Å². The average molecular weight is 441 g/mol. The van der Waals surface area contributed by atoms with E-state index in [0.29, 0.717) is 18.8 Å². The highest BCUT2D eigenvalue weighted by Crippen LogP contribution is 2.26. The molecule has 0 unspecified atom stereocenters. The fourth-order valence-electron chi connectivity index (χ4n) is 3.98. The zero-order chi connectivity index (χ0) is 20.0. The summed E-state index contributed by atoms with van der Waals surface area (Å²) in [5, 5.41) is 0. The van der Waals surface area contributed by atoms with E-state index in [1.807, 2.05) is 35.4 Å². The van der Waals surface area contributed by atoms with Gasteiger partial charge < -0.3 is 9.80 Å². The van der Waals surface area contributed by atoms with E-state index in [2.05, 4.69) is 57.9 Å². The van der Waals surface area contributed by atoms with Gasteiger partial charge in [0.25, 0.3) is 5.91 Å². The first kappa shape index (κ1) is 19.0. The molecule has 4 rings (SSSR count). The fraction of sp³-hybridized carbons (Fsp3) is 0.364. The van der Waals surface area contributed by atoms with E-state index < -0.39 is 0 Å². The third-order valence-electron chi connectivity index (χ3n) is 5.67. The Bertz CT molecular complexity index is 1060. The van der Waals surface area contributed by atoms with Gasteiger partial charge in [-0.25, -0.2) is 4.98 Å². The Morgan fingerprint density at radius 2 is 1.79 bits per heavy atom. The Morgan fingerprint density at radius 1 is 1.07 bits per heavy atom. The van der Waals surface area contributed by atoms with Crippen molar-refractivity contribution in [1.29, 1.82) is 0 Å². The SMILES string of the molecule is Cc1cc(Br)c2nc(C)c(C(=O)N3CCN(c4cccc(C)c4C)CC3)n2c1. The normalized spacial score (nSPS) is 14.8. The minimum atomic E-state index is 0.0584. The summed E-state index contributed by atoms with van der Waals surface area (Å²) in [6, 6.07) is 8.46. The molecule has 2 aromatic heterocycles. The lowest BCUT2D eigenvalue weighted by atomic mass is 10.1. The lowest BCUT2D eigenvalue weighted by Gasteiger charge is -2.37. The molecule has 6 heteroatoms. The van der Waals surface area contributed by atoms with Crippen LogP contribution in [0.4, 0.5) is 5.69 Å². The molecule has 1 saturated heterocycles. The number of benzene rings is 1. The number of aromatic nitrogens is 2. The number of fused-ring (bicyclic) bond motifs is 1. The minimum absolute atomic E-state index is 0.0584. The van der Waals surface area contributed by atoms with Crippen LogP contribution in [0.15, 0.2) is 34.9 Å². The number of halogens is 1. The molecule has 1 amide bonds. The van der Waals surface area contributed by atoms with Gasteiger partial charge in [0.15, 0.2) is 5.65 Å². The highest BCUT2D eigenvalue weighted by molar-refractivity contribution is 9.10. The van der Waals surface area contributed by atoms with E-state index in [0.717, 1.165) is 34.5 Å². The molecule has 0 N–H and O–H groups in total. The first-order valence-electron chi connectivity index (χ1n) is 9.62. The molecular formula is C22H25BrN4O. The molecule has 0 aliphatic carbocycles. The van der Waals surface area contributed by atoms with Crippen LogP contribution in [0.3, 0.4) is 0 Å². The minimum Gasteiger partial charge on any atom is -0.368 e. The summed E-state index contributed by atoms with van der Waals surface area (Å²) in [7, 11) is 0. The van der Waals surface area contributed by atoms with Gasteiger partial charge in [0.2, 0.25) is 0 Å². The molecule has 1 aliphatic heterocycles. The molecule has 1 fully saturated rings. The van der Waals surface area contributed by atoms with Gasteiger partial charge in [-0.15, -0.1) is 0 Å². The first-order valence-corrected chi connectivity index (χ1v) is 10.4. The number of imidazole rings is 1. The molecular weight excluding hydrogens is 416 g/mol. The molecule has 3 aromatic rings. The van der Waals surface area contributed by atoms with Crippen LogP contribution in [0.1, 0.15) is 32.9 Å². The third-order valence-corrected chi connectivity index (χ3v) is 6.26. The molecule has 0 saturated carbocycles. The molecule has 1 aliphatic rings. The second-order valence-corrected chi connectivity index (χ2v) is 8.46. The fourth-order valence-corrected chi connectivity index (χ4v) is 4.62. The standard InChI is InChI=1S/C22H25BrN4O/c1-14-12-18(23)21-24-17(4)20(27(21)13-14)22(28)26-10-8-25(9-11-26)19-7-5-6-15(2)16(19)3/h5-7,12-13H,8-11H2,1-4H3. The zero-order valence-electron chi connectivity index (χ0n) is 16.8. The highest BCUT2D eigenvalue weighted by Gasteiger charge is 2.27.